The number of carbonyl (C=O) groups is 2. The van der Waals surface area contributed by atoms with E-state index in [0.717, 1.165) is 6.42 Å². The summed E-state index contributed by atoms with van der Waals surface area (Å²) in [5.41, 5.74) is 5.20. The molecule has 0 bridgehead atoms. The van der Waals surface area contributed by atoms with E-state index in [1.54, 1.807) is 0 Å². The van der Waals surface area contributed by atoms with Crippen LogP contribution in [0.15, 0.2) is 12.4 Å². The predicted octanol–water partition coefficient (Wildman–Crippen LogP) is -0.486. The Kier molecular flexibility index (Phi) is 4.86. The molecule has 0 atom stereocenters. The number of nitrogens with two attached hydrogens (primary N) is 1. The van der Waals surface area contributed by atoms with Crippen LogP contribution in [0, 0.1) is 0 Å². The Morgan fingerprint density at radius 1 is 1.35 bits per heavy atom. The zero-order valence-electron chi connectivity index (χ0n) is 9.56. The number of hydrogen-bond donors (Lipinski definition) is 3. The van der Waals surface area contributed by atoms with Crippen LogP contribution in [-0.2, 0) is 4.79 Å². The molecule has 0 unspecified atom stereocenters. The SMILES string of the molecule is CC(=O)NCCCNc1cncc(C(N)=O)n1. The maximum atomic E-state index is 10.8. The number of aromatic nitrogens is 2. The predicted molar refractivity (Wildman–Crippen MR) is 62.3 cm³/mol. The van der Waals surface area contributed by atoms with Gasteiger partial charge >= 0.3 is 0 Å². The second-order valence-electron chi connectivity index (χ2n) is 3.42. The number of anilines is 1. The van der Waals surface area contributed by atoms with Crippen molar-refractivity contribution in [3.8, 4) is 0 Å². The highest BCUT2D eigenvalue weighted by Gasteiger charge is 2.03. The van der Waals surface area contributed by atoms with Crippen LogP contribution in [0.2, 0.25) is 0 Å². The van der Waals surface area contributed by atoms with Gasteiger partial charge in [-0.25, -0.2) is 4.98 Å². The highest BCUT2D eigenvalue weighted by atomic mass is 16.1. The van der Waals surface area contributed by atoms with Crippen LogP contribution in [0.3, 0.4) is 0 Å². The monoisotopic (exact) mass is 237 g/mol. The Balaban J connectivity index is 2.34. The molecule has 0 saturated heterocycles. The zero-order chi connectivity index (χ0) is 12.7. The summed E-state index contributed by atoms with van der Waals surface area (Å²) in [6.07, 6.45) is 3.57. The van der Waals surface area contributed by atoms with Crippen LogP contribution in [0.25, 0.3) is 0 Å². The fraction of sp³-hybridized carbons (Fsp3) is 0.400. The van der Waals surface area contributed by atoms with Crippen LogP contribution in [0.5, 0.6) is 0 Å². The van der Waals surface area contributed by atoms with Gasteiger partial charge in [0.05, 0.1) is 12.4 Å². The Morgan fingerprint density at radius 2 is 2.12 bits per heavy atom. The molecule has 0 aliphatic heterocycles. The summed E-state index contributed by atoms with van der Waals surface area (Å²) in [6, 6.07) is 0. The second-order valence-corrected chi connectivity index (χ2v) is 3.42. The normalized spacial score (nSPS) is 9.71. The Labute approximate surface area is 98.8 Å². The lowest BCUT2D eigenvalue weighted by atomic mass is 10.4. The van der Waals surface area contributed by atoms with Gasteiger partial charge in [0.25, 0.3) is 5.91 Å². The van der Waals surface area contributed by atoms with E-state index >= 15 is 0 Å². The van der Waals surface area contributed by atoms with Gasteiger partial charge in [0.2, 0.25) is 5.91 Å². The molecule has 1 aromatic heterocycles. The minimum atomic E-state index is -0.612. The lowest BCUT2D eigenvalue weighted by molar-refractivity contribution is -0.118. The molecule has 0 aliphatic rings. The van der Waals surface area contributed by atoms with Gasteiger partial charge in [-0.15, -0.1) is 0 Å². The van der Waals surface area contributed by atoms with Crippen LogP contribution < -0.4 is 16.4 Å². The molecule has 0 saturated carbocycles. The number of carbonyl (C=O) groups excluding carboxylic acids is 2. The van der Waals surface area contributed by atoms with Gasteiger partial charge in [-0.05, 0) is 6.42 Å². The van der Waals surface area contributed by atoms with E-state index in [0.29, 0.717) is 18.9 Å². The first kappa shape index (κ1) is 12.9. The number of rotatable bonds is 6. The fourth-order valence-electron chi connectivity index (χ4n) is 1.14. The lowest BCUT2D eigenvalue weighted by Gasteiger charge is -2.06. The van der Waals surface area contributed by atoms with Crippen LogP contribution in [0.4, 0.5) is 5.82 Å². The highest BCUT2D eigenvalue weighted by molar-refractivity contribution is 5.90. The summed E-state index contributed by atoms with van der Waals surface area (Å²) >= 11 is 0. The lowest BCUT2D eigenvalue weighted by Crippen LogP contribution is -2.23. The molecule has 0 spiro atoms. The van der Waals surface area contributed by atoms with E-state index < -0.39 is 5.91 Å². The summed E-state index contributed by atoms with van der Waals surface area (Å²) in [4.78, 5) is 29.2. The maximum absolute atomic E-state index is 10.8. The third-order valence-corrected chi connectivity index (χ3v) is 1.92. The second kappa shape index (κ2) is 6.41. The minimum Gasteiger partial charge on any atom is -0.369 e. The smallest absolute Gasteiger partial charge is 0.268 e. The summed E-state index contributed by atoms with van der Waals surface area (Å²) in [5, 5.41) is 5.65. The van der Waals surface area contributed by atoms with Gasteiger partial charge in [-0.3, -0.25) is 14.6 Å². The Hall–Kier alpha value is -2.18. The zero-order valence-corrected chi connectivity index (χ0v) is 9.56. The van der Waals surface area contributed by atoms with Gasteiger partial charge in [-0.2, -0.15) is 0 Å². The molecule has 2 amide bonds. The minimum absolute atomic E-state index is 0.0551. The van der Waals surface area contributed by atoms with Crippen molar-refractivity contribution >= 4 is 17.6 Å². The van der Waals surface area contributed by atoms with Crippen molar-refractivity contribution in [1.82, 2.24) is 15.3 Å². The van der Waals surface area contributed by atoms with Crippen LogP contribution >= 0.6 is 0 Å². The summed E-state index contributed by atoms with van der Waals surface area (Å²) in [5.74, 6) is -0.177. The molecule has 17 heavy (non-hydrogen) atoms. The average molecular weight is 237 g/mol. The van der Waals surface area contributed by atoms with Crippen molar-refractivity contribution in [3.63, 3.8) is 0 Å². The largest absolute Gasteiger partial charge is 0.369 e. The molecular weight excluding hydrogens is 222 g/mol. The molecule has 0 fully saturated rings. The Bertz CT molecular complexity index is 407. The van der Waals surface area contributed by atoms with Crippen molar-refractivity contribution in [3.05, 3.63) is 18.1 Å². The van der Waals surface area contributed by atoms with Crippen molar-refractivity contribution in [1.29, 1.82) is 0 Å². The number of primary amides is 1. The molecule has 1 rings (SSSR count). The molecule has 1 heterocycles. The number of nitrogens with zero attached hydrogens (tertiary/aromatic N) is 2. The summed E-state index contributed by atoms with van der Waals surface area (Å²) in [7, 11) is 0. The molecular formula is C10H15N5O2. The van der Waals surface area contributed by atoms with Crippen LogP contribution in [-0.4, -0.2) is 34.9 Å². The van der Waals surface area contributed by atoms with Gasteiger partial charge in [0.1, 0.15) is 11.5 Å². The quantitative estimate of drug-likeness (QED) is 0.578. The van der Waals surface area contributed by atoms with E-state index in [2.05, 4.69) is 20.6 Å². The maximum Gasteiger partial charge on any atom is 0.268 e. The van der Waals surface area contributed by atoms with Gasteiger partial charge < -0.3 is 16.4 Å². The highest BCUT2D eigenvalue weighted by Crippen LogP contribution is 2.01. The molecule has 7 heteroatoms. The molecule has 0 radical (unpaired) electrons. The van der Waals surface area contributed by atoms with E-state index in [1.807, 2.05) is 0 Å². The van der Waals surface area contributed by atoms with Crippen LogP contribution in [0.1, 0.15) is 23.8 Å². The standard InChI is InChI=1S/C10H15N5O2/c1-7(16)13-3-2-4-14-9-6-12-5-8(15-9)10(11)17/h5-6H,2-4H2,1H3,(H2,11,17)(H,13,16)(H,14,15). The van der Waals surface area contributed by atoms with E-state index in [9.17, 15) is 9.59 Å². The summed E-state index contributed by atoms with van der Waals surface area (Å²) in [6.45, 7) is 2.68. The summed E-state index contributed by atoms with van der Waals surface area (Å²) < 4.78 is 0. The first-order valence-corrected chi connectivity index (χ1v) is 5.19. The third-order valence-electron chi connectivity index (χ3n) is 1.92. The average Bonchev–Trinajstić information content (AvgIpc) is 2.28. The Morgan fingerprint density at radius 3 is 2.76 bits per heavy atom. The van der Waals surface area contributed by atoms with E-state index in [4.69, 9.17) is 5.73 Å². The third kappa shape index (κ3) is 4.92. The number of hydrogen-bond acceptors (Lipinski definition) is 5. The van der Waals surface area contributed by atoms with Gasteiger partial charge in [0, 0.05) is 20.0 Å². The first-order chi connectivity index (χ1) is 8.09. The van der Waals surface area contributed by atoms with E-state index in [1.165, 1.54) is 19.3 Å². The molecule has 4 N–H and O–H groups in total. The first-order valence-electron chi connectivity index (χ1n) is 5.19. The number of amides is 2. The molecule has 7 nitrogen and oxygen atoms in total. The molecule has 92 valence electrons. The van der Waals surface area contributed by atoms with E-state index in [-0.39, 0.29) is 11.6 Å². The fourth-order valence-corrected chi connectivity index (χ4v) is 1.14. The number of nitrogens with one attached hydrogen (secondary N) is 2. The molecule has 1 aromatic rings. The van der Waals surface area contributed by atoms with Crippen molar-refractivity contribution in [2.75, 3.05) is 18.4 Å². The topological polar surface area (TPSA) is 110 Å². The van der Waals surface area contributed by atoms with Crippen molar-refractivity contribution in [2.24, 2.45) is 5.73 Å². The van der Waals surface area contributed by atoms with Gasteiger partial charge in [0.15, 0.2) is 0 Å². The van der Waals surface area contributed by atoms with Crippen molar-refractivity contribution in [2.45, 2.75) is 13.3 Å². The van der Waals surface area contributed by atoms with Gasteiger partial charge in [-0.1, -0.05) is 0 Å². The molecule has 0 aliphatic carbocycles. The molecule has 0 aromatic carbocycles. The van der Waals surface area contributed by atoms with Crippen molar-refractivity contribution < 1.29 is 9.59 Å².